The molecule has 1 fully saturated rings. The molecule has 0 saturated carbocycles. The van der Waals surface area contributed by atoms with Gasteiger partial charge in [0.05, 0.1) is 0 Å². The molecule has 118 valence electrons. The molecule has 1 aliphatic rings. The molecule has 1 unspecified atom stereocenters. The smallest absolute Gasteiger partial charge is 0.280 e. The van der Waals surface area contributed by atoms with Gasteiger partial charge in [0.15, 0.2) is 0 Å². The van der Waals surface area contributed by atoms with Gasteiger partial charge in [-0.05, 0) is 24.0 Å². The maximum absolute atomic E-state index is 12.3. The molecule has 1 aromatic rings. The topological polar surface area (TPSA) is 61.4 Å². The molecule has 0 amide bonds. The summed E-state index contributed by atoms with van der Waals surface area (Å²) in [6.45, 7) is 8.63. The van der Waals surface area contributed by atoms with Crippen LogP contribution in [0.4, 0.5) is 0 Å². The first-order chi connectivity index (χ1) is 9.90. The van der Waals surface area contributed by atoms with Crippen LogP contribution >= 0.6 is 0 Å². The molecule has 2 rings (SSSR count). The maximum Gasteiger partial charge on any atom is 0.280 e. The molecule has 1 saturated heterocycles. The van der Waals surface area contributed by atoms with Crippen molar-refractivity contribution in [3.63, 3.8) is 0 Å². The summed E-state index contributed by atoms with van der Waals surface area (Å²) in [6.07, 6.45) is 0. The first-order valence-corrected chi connectivity index (χ1v) is 8.92. The van der Waals surface area contributed by atoms with E-state index in [-0.39, 0.29) is 6.04 Å². The second-order valence-electron chi connectivity index (χ2n) is 5.81. The third-order valence-corrected chi connectivity index (χ3v) is 5.54. The van der Waals surface area contributed by atoms with Crippen LogP contribution in [-0.4, -0.2) is 38.9 Å². The lowest BCUT2D eigenvalue weighted by Crippen LogP contribution is -2.50. The Balaban J connectivity index is 2.04. The number of hydrogen-bond donors (Lipinski definition) is 2. The van der Waals surface area contributed by atoms with E-state index in [2.05, 4.69) is 36.0 Å². The summed E-state index contributed by atoms with van der Waals surface area (Å²) >= 11 is 0. The number of rotatable bonds is 5. The lowest BCUT2D eigenvalue weighted by molar-refractivity contribution is 0.352. The van der Waals surface area contributed by atoms with Gasteiger partial charge in [-0.25, -0.2) is 0 Å². The Bertz CT molecular complexity index is 549. The van der Waals surface area contributed by atoms with E-state index in [4.69, 9.17) is 0 Å². The fourth-order valence-electron chi connectivity index (χ4n) is 2.42. The molecule has 0 bridgehead atoms. The van der Waals surface area contributed by atoms with Gasteiger partial charge < -0.3 is 5.32 Å². The molecule has 5 nitrogen and oxygen atoms in total. The zero-order chi connectivity index (χ0) is 15.5. The third-order valence-electron chi connectivity index (χ3n) is 3.84. The molecule has 0 spiro atoms. The summed E-state index contributed by atoms with van der Waals surface area (Å²) < 4.78 is 28.9. The average molecular weight is 311 g/mol. The van der Waals surface area contributed by atoms with Crippen molar-refractivity contribution in [1.29, 1.82) is 0 Å². The standard InChI is InChI=1S/C15H25N3O2S/c1-12(2)14-4-6-15(7-5-14)13(3)17-21(19,20)18-10-8-16-9-11-18/h4-7,12-13,16-17H,8-11H2,1-3H3. The van der Waals surface area contributed by atoms with Gasteiger partial charge in [-0.15, -0.1) is 0 Å². The Morgan fingerprint density at radius 3 is 2.10 bits per heavy atom. The maximum atomic E-state index is 12.3. The highest BCUT2D eigenvalue weighted by atomic mass is 32.2. The first kappa shape index (κ1) is 16.4. The zero-order valence-electron chi connectivity index (χ0n) is 13.0. The number of benzene rings is 1. The molecule has 6 heteroatoms. The van der Waals surface area contributed by atoms with Crippen molar-refractivity contribution in [3.05, 3.63) is 35.4 Å². The number of piperazine rings is 1. The summed E-state index contributed by atoms with van der Waals surface area (Å²) in [7, 11) is -3.41. The number of hydrogen-bond acceptors (Lipinski definition) is 3. The predicted octanol–water partition coefficient (Wildman–Crippen LogP) is 1.61. The monoisotopic (exact) mass is 311 g/mol. The Morgan fingerprint density at radius 1 is 1.05 bits per heavy atom. The van der Waals surface area contributed by atoms with Crippen molar-refractivity contribution in [1.82, 2.24) is 14.3 Å². The minimum atomic E-state index is -3.41. The molecule has 0 aromatic heterocycles. The van der Waals surface area contributed by atoms with Gasteiger partial charge in [0.2, 0.25) is 0 Å². The largest absolute Gasteiger partial charge is 0.314 e. The number of nitrogens with one attached hydrogen (secondary N) is 2. The van der Waals surface area contributed by atoms with E-state index >= 15 is 0 Å². The Morgan fingerprint density at radius 2 is 1.57 bits per heavy atom. The molecule has 1 heterocycles. The van der Waals surface area contributed by atoms with Crippen molar-refractivity contribution in [2.24, 2.45) is 0 Å². The minimum Gasteiger partial charge on any atom is -0.314 e. The Hall–Kier alpha value is -0.950. The van der Waals surface area contributed by atoms with E-state index < -0.39 is 10.2 Å². The van der Waals surface area contributed by atoms with Gasteiger partial charge in [0.25, 0.3) is 10.2 Å². The average Bonchev–Trinajstić information content (AvgIpc) is 2.48. The molecule has 2 N–H and O–H groups in total. The summed E-state index contributed by atoms with van der Waals surface area (Å²) in [5.74, 6) is 0.479. The summed E-state index contributed by atoms with van der Waals surface area (Å²) in [5.41, 5.74) is 2.24. The van der Waals surface area contributed by atoms with E-state index in [9.17, 15) is 8.42 Å². The molecule has 21 heavy (non-hydrogen) atoms. The fraction of sp³-hybridized carbons (Fsp3) is 0.600. The minimum absolute atomic E-state index is 0.230. The van der Waals surface area contributed by atoms with E-state index in [1.165, 1.54) is 9.87 Å². The Labute approximate surface area is 127 Å². The molecular weight excluding hydrogens is 286 g/mol. The molecule has 1 atom stereocenters. The molecule has 0 radical (unpaired) electrons. The van der Waals surface area contributed by atoms with Crippen LogP contribution in [-0.2, 0) is 10.2 Å². The summed E-state index contributed by atoms with van der Waals surface area (Å²) in [5, 5.41) is 3.15. The van der Waals surface area contributed by atoms with Crippen LogP contribution in [0.5, 0.6) is 0 Å². The summed E-state index contributed by atoms with van der Waals surface area (Å²) in [4.78, 5) is 0. The van der Waals surface area contributed by atoms with E-state index in [0.717, 1.165) is 5.56 Å². The third kappa shape index (κ3) is 4.26. The van der Waals surface area contributed by atoms with Crippen LogP contribution in [0.3, 0.4) is 0 Å². The second-order valence-corrected chi connectivity index (χ2v) is 7.52. The van der Waals surface area contributed by atoms with Gasteiger partial charge in [-0.1, -0.05) is 38.1 Å². The molecule has 0 aliphatic carbocycles. The van der Waals surface area contributed by atoms with Crippen molar-refractivity contribution in [2.75, 3.05) is 26.2 Å². The van der Waals surface area contributed by atoms with Crippen LogP contribution in [0.2, 0.25) is 0 Å². The lowest BCUT2D eigenvalue weighted by atomic mass is 10.00. The predicted molar refractivity (Wildman–Crippen MR) is 85.4 cm³/mol. The van der Waals surface area contributed by atoms with Gasteiger partial charge in [0, 0.05) is 32.2 Å². The van der Waals surface area contributed by atoms with Crippen LogP contribution in [0.1, 0.15) is 43.9 Å². The van der Waals surface area contributed by atoms with Crippen molar-refractivity contribution in [2.45, 2.75) is 32.7 Å². The Kier molecular flexibility index (Phi) is 5.37. The van der Waals surface area contributed by atoms with E-state index in [1.807, 2.05) is 19.1 Å². The van der Waals surface area contributed by atoms with Crippen LogP contribution in [0, 0.1) is 0 Å². The molecule has 1 aromatic carbocycles. The van der Waals surface area contributed by atoms with Crippen molar-refractivity contribution >= 4 is 10.2 Å². The highest BCUT2D eigenvalue weighted by Gasteiger charge is 2.25. The van der Waals surface area contributed by atoms with Gasteiger partial charge >= 0.3 is 0 Å². The van der Waals surface area contributed by atoms with E-state index in [0.29, 0.717) is 32.1 Å². The van der Waals surface area contributed by atoms with Crippen molar-refractivity contribution in [3.8, 4) is 0 Å². The van der Waals surface area contributed by atoms with Crippen molar-refractivity contribution < 1.29 is 8.42 Å². The van der Waals surface area contributed by atoms with E-state index in [1.54, 1.807) is 0 Å². The second kappa shape index (κ2) is 6.87. The first-order valence-electron chi connectivity index (χ1n) is 7.48. The quantitative estimate of drug-likeness (QED) is 0.868. The normalized spacial score (nSPS) is 18.9. The van der Waals surface area contributed by atoms with Gasteiger partial charge in [-0.3, -0.25) is 0 Å². The number of nitrogens with zero attached hydrogens (tertiary/aromatic N) is 1. The molecular formula is C15H25N3O2S. The highest BCUT2D eigenvalue weighted by Crippen LogP contribution is 2.19. The van der Waals surface area contributed by atoms with Gasteiger partial charge in [0.1, 0.15) is 0 Å². The van der Waals surface area contributed by atoms with Crippen LogP contribution in [0.25, 0.3) is 0 Å². The van der Waals surface area contributed by atoms with Gasteiger partial charge in [-0.2, -0.15) is 17.4 Å². The zero-order valence-corrected chi connectivity index (χ0v) is 13.8. The van der Waals surface area contributed by atoms with Crippen LogP contribution < -0.4 is 10.0 Å². The lowest BCUT2D eigenvalue weighted by Gasteiger charge is -2.28. The summed E-state index contributed by atoms with van der Waals surface area (Å²) in [6, 6.07) is 7.90. The highest BCUT2D eigenvalue weighted by molar-refractivity contribution is 7.87. The SMILES string of the molecule is CC(C)c1ccc(C(C)NS(=O)(=O)N2CCNCC2)cc1. The molecule has 1 aliphatic heterocycles. The fourth-order valence-corrected chi connectivity index (χ4v) is 3.82. The van der Waals surface area contributed by atoms with Crippen LogP contribution in [0.15, 0.2) is 24.3 Å².